The molecule has 0 radical (unpaired) electrons. The summed E-state index contributed by atoms with van der Waals surface area (Å²) in [6.07, 6.45) is 3.73. The Balaban J connectivity index is 2.05. The van der Waals surface area contributed by atoms with E-state index in [-0.39, 0.29) is 11.9 Å². The van der Waals surface area contributed by atoms with Gasteiger partial charge >= 0.3 is 6.03 Å². The summed E-state index contributed by atoms with van der Waals surface area (Å²) >= 11 is 0. The van der Waals surface area contributed by atoms with Crippen molar-refractivity contribution in [3.63, 3.8) is 0 Å². The van der Waals surface area contributed by atoms with Gasteiger partial charge in [-0.3, -0.25) is 10.1 Å². The number of hydrogen-bond acceptors (Lipinski definition) is 3. The Morgan fingerprint density at radius 2 is 1.83 bits per heavy atom. The van der Waals surface area contributed by atoms with E-state index in [9.17, 15) is 9.59 Å². The Hall–Kier alpha value is -1.10. The minimum Gasteiger partial charge on any atom is -0.308 e. The Bertz CT molecular complexity index is 333. The predicted molar refractivity (Wildman–Crippen MR) is 69.2 cm³/mol. The highest BCUT2D eigenvalue weighted by Gasteiger charge is 2.53. The van der Waals surface area contributed by atoms with Crippen molar-refractivity contribution < 1.29 is 9.59 Å². The molecule has 0 atom stereocenters. The first-order valence-electron chi connectivity index (χ1n) is 6.99. The zero-order valence-corrected chi connectivity index (χ0v) is 11.4. The van der Waals surface area contributed by atoms with Crippen LogP contribution < -0.4 is 5.32 Å². The number of rotatable bonds is 5. The van der Waals surface area contributed by atoms with Gasteiger partial charge in [0.15, 0.2) is 0 Å². The van der Waals surface area contributed by atoms with E-state index in [0.29, 0.717) is 6.54 Å². The topological polar surface area (TPSA) is 52.6 Å². The zero-order chi connectivity index (χ0) is 13.2. The first kappa shape index (κ1) is 13.3. The standard InChI is InChI=1S/C13H23N3O2/c1-3-15(4-2)9-10-16-12(18)14-11(17)13(16)7-5-6-8-13/h3-10H2,1-2H3,(H,14,17,18). The molecule has 5 heteroatoms. The number of likely N-dealkylation sites (N-methyl/N-ethyl adjacent to an activating group) is 1. The molecular formula is C13H23N3O2. The van der Waals surface area contributed by atoms with E-state index in [1.165, 1.54) is 0 Å². The highest BCUT2D eigenvalue weighted by Crippen LogP contribution is 2.38. The highest BCUT2D eigenvalue weighted by molar-refractivity contribution is 6.07. The second kappa shape index (κ2) is 5.26. The molecule has 0 unspecified atom stereocenters. The number of carbonyl (C=O) groups is 2. The molecule has 1 heterocycles. The van der Waals surface area contributed by atoms with E-state index in [0.717, 1.165) is 45.3 Å². The van der Waals surface area contributed by atoms with Gasteiger partial charge in [-0.2, -0.15) is 0 Å². The summed E-state index contributed by atoms with van der Waals surface area (Å²) < 4.78 is 0. The molecule has 18 heavy (non-hydrogen) atoms. The Labute approximate surface area is 108 Å². The van der Waals surface area contributed by atoms with Crippen LogP contribution in [-0.2, 0) is 4.79 Å². The first-order valence-corrected chi connectivity index (χ1v) is 6.99. The fourth-order valence-electron chi connectivity index (χ4n) is 3.15. The number of imide groups is 1. The van der Waals surface area contributed by atoms with Crippen LogP contribution in [0.25, 0.3) is 0 Å². The van der Waals surface area contributed by atoms with Gasteiger partial charge in [-0.25, -0.2) is 4.79 Å². The van der Waals surface area contributed by atoms with E-state index < -0.39 is 5.54 Å². The van der Waals surface area contributed by atoms with Gasteiger partial charge in [-0.05, 0) is 25.9 Å². The van der Waals surface area contributed by atoms with Gasteiger partial charge < -0.3 is 9.80 Å². The summed E-state index contributed by atoms with van der Waals surface area (Å²) in [6.45, 7) is 7.68. The quantitative estimate of drug-likeness (QED) is 0.749. The van der Waals surface area contributed by atoms with Crippen LogP contribution in [0.15, 0.2) is 0 Å². The van der Waals surface area contributed by atoms with Crippen molar-refractivity contribution >= 4 is 11.9 Å². The molecule has 5 nitrogen and oxygen atoms in total. The molecule has 1 aliphatic heterocycles. The maximum atomic E-state index is 12.0. The van der Waals surface area contributed by atoms with E-state index in [1.54, 1.807) is 4.90 Å². The smallest absolute Gasteiger partial charge is 0.308 e. The van der Waals surface area contributed by atoms with Gasteiger partial charge in [0.2, 0.25) is 0 Å². The second-order valence-corrected chi connectivity index (χ2v) is 5.18. The molecule has 1 saturated heterocycles. The van der Waals surface area contributed by atoms with E-state index >= 15 is 0 Å². The third-order valence-electron chi connectivity index (χ3n) is 4.37. The molecule has 0 aromatic heterocycles. The van der Waals surface area contributed by atoms with E-state index in [1.807, 2.05) is 0 Å². The molecule has 3 amide bonds. The first-order chi connectivity index (χ1) is 8.64. The number of hydrogen-bond donors (Lipinski definition) is 1. The lowest BCUT2D eigenvalue weighted by Crippen LogP contribution is -2.50. The summed E-state index contributed by atoms with van der Waals surface area (Å²) in [6, 6.07) is -0.200. The molecule has 2 fully saturated rings. The normalized spacial score (nSPS) is 22.3. The van der Waals surface area contributed by atoms with Crippen molar-refractivity contribution in [1.29, 1.82) is 0 Å². The summed E-state index contributed by atoms with van der Waals surface area (Å²) in [5.41, 5.74) is -0.524. The summed E-state index contributed by atoms with van der Waals surface area (Å²) in [4.78, 5) is 28.0. The van der Waals surface area contributed by atoms with E-state index in [2.05, 4.69) is 24.1 Å². The summed E-state index contributed by atoms with van der Waals surface area (Å²) in [5, 5.41) is 2.49. The third kappa shape index (κ3) is 2.11. The van der Waals surface area contributed by atoms with Crippen LogP contribution in [0, 0.1) is 0 Å². The minimum absolute atomic E-state index is 0.0791. The average molecular weight is 253 g/mol. The number of nitrogens with one attached hydrogen (secondary N) is 1. The lowest BCUT2D eigenvalue weighted by molar-refractivity contribution is -0.126. The van der Waals surface area contributed by atoms with E-state index in [4.69, 9.17) is 0 Å². The largest absolute Gasteiger partial charge is 0.325 e. The maximum absolute atomic E-state index is 12.0. The van der Waals surface area contributed by atoms with Crippen molar-refractivity contribution in [1.82, 2.24) is 15.1 Å². The van der Waals surface area contributed by atoms with Gasteiger partial charge in [0.25, 0.3) is 5.91 Å². The summed E-state index contributed by atoms with van der Waals surface area (Å²) in [5.74, 6) is -0.0791. The van der Waals surface area contributed by atoms with Gasteiger partial charge in [-0.1, -0.05) is 26.7 Å². The minimum atomic E-state index is -0.524. The molecule has 1 spiro atoms. The van der Waals surface area contributed by atoms with Crippen LogP contribution in [-0.4, -0.2) is 53.5 Å². The predicted octanol–water partition coefficient (Wildman–Crippen LogP) is 1.19. The van der Waals surface area contributed by atoms with Crippen LogP contribution in [0.4, 0.5) is 4.79 Å². The second-order valence-electron chi connectivity index (χ2n) is 5.18. The summed E-state index contributed by atoms with van der Waals surface area (Å²) in [7, 11) is 0. The third-order valence-corrected chi connectivity index (χ3v) is 4.37. The number of amides is 3. The Morgan fingerprint density at radius 1 is 1.22 bits per heavy atom. The van der Waals surface area contributed by atoms with Crippen LogP contribution in [0.2, 0.25) is 0 Å². The fourth-order valence-corrected chi connectivity index (χ4v) is 3.15. The van der Waals surface area contributed by atoms with Crippen molar-refractivity contribution in [2.45, 2.75) is 45.1 Å². The molecule has 102 valence electrons. The maximum Gasteiger partial charge on any atom is 0.325 e. The fraction of sp³-hybridized carbons (Fsp3) is 0.846. The molecule has 1 saturated carbocycles. The van der Waals surface area contributed by atoms with Crippen LogP contribution in [0.1, 0.15) is 39.5 Å². The molecule has 1 aliphatic carbocycles. The Morgan fingerprint density at radius 3 is 2.39 bits per heavy atom. The molecule has 2 aliphatic rings. The average Bonchev–Trinajstić information content (AvgIpc) is 2.92. The van der Waals surface area contributed by atoms with Crippen LogP contribution in [0.5, 0.6) is 0 Å². The molecule has 0 aromatic carbocycles. The van der Waals surface area contributed by atoms with Crippen molar-refractivity contribution in [3.8, 4) is 0 Å². The lowest BCUT2D eigenvalue weighted by Gasteiger charge is -2.33. The Kier molecular flexibility index (Phi) is 3.90. The van der Waals surface area contributed by atoms with Crippen molar-refractivity contribution in [2.24, 2.45) is 0 Å². The van der Waals surface area contributed by atoms with Crippen molar-refractivity contribution in [2.75, 3.05) is 26.2 Å². The number of urea groups is 1. The molecule has 0 bridgehead atoms. The van der Waals surface area contributed by atoms with Crippen LogP contribution in [0.3, 0.4) is 0 Å². The zero-order valence-electron chi connectivity index (χ0n) is 11.4. The molecule has 1 N–H and O–H groups in total. The number of carbonyl (C=O) groups excluding carboxylic acids is 2. The van der Waals surface area contributed by atoms with Gasteiger partial charge in [-0.15, -0.1) is 0 Å². The van der Waals surface area contributed by atoms with Gasteiger partial charge in [0.1, 0.15) is 5.54 Å². The monoisotopic (exact) mass is 253 g/mol. The lowest BCUT2D eigenvalue weighted by atomic mass is 9.96. The molecule has 2 rings (SSSR count). The molecular weight excluding hydrogens is 230 g/mol. The highest BCUT2D eigenvalue weighted by atomic mass is 16.2. The van der Waals surface area contributed by atoms with Gasteiger partial charge in [0, 0.05) is 13.1 Å². The molecule has 0 aromatic rings. The van der Waals surface area contributed by atoms with Crippen LogP contribution >= 0.6 is 0 Å². The number of nitrogens with zero attached hydrogens (tertiary/aromatic N) is 2. The van der Waals surface area contributed by atoms with Crippen molar-refractivity contribution in [3.05, 3.63) is 0 Å². The SMILES string of the molecule is CCN(CC)CCN1C(=O)NC(=O)C12CCCC2. The van der Waals surface area contributed by atoms with Gasteiger partial charge in [0.05, 0.1) is 0 Å².